The summed E-state index contributed by atoms with van der Waals surface area (Å²) in [7, 11) is 0. The summed E-state index contributed by atoms with van der Waals surface area (Å²) in [5.41, 5.74) is -0.0742. The monoisotopic (exact) mass is 257 g/mol. The molecule has 0 bridgehead atoms. The lowest BCUT2D eigenvalue weighted by molar-refractivity contribution is -0.141. The van der Waals surface area contributed by atoms with Crippen molar-refractivity contribution >= 4 is 17.7 Å². The van der Waals surface area contributed by atoms with Gasteiger partial charge in [-0.1, -0.05) is 13.3 Å². The summed E-state index contributed by atoms with van der Waals surface area (Å²) in [6.07, 6.45) is 6.33. The van der Waals surface area contributed by atoms with Crippen molar-refractivity contribution < 1.29 is 9.90 Å². The van der Waals surface area contributed by atoms with Gasteiger partial charge in [0.15, 0.2) is 0 Å². The summed E-state index contributed by atoms with van der Waals surface area (Å²) in [5.74, 6) is 0.557. The van der Waals surface area contributed by atoms with E-state index in [2.05, 4.69) is 11.8 Å². The van der Waals surface area contributed by atoms with Crippen molar-refractivity contribution in [3.63, 3.8) is 0 Å². The molecule has 2 aliphatic heterocycles. The lowest BCUT2D eigenvalue weighted by Gasteiger charge is -2.51. The lowest BCUT2D eigenvalue weighted by atomic mass is 9.83. The third-order valence-electron chi connectivity index (χ3n) is 4.32. The Morgan fingerprint density at radius 2 is 2.06 bits per heavy atom. The molecule has 0 saturated carbocycles. The molecule has 4 heteroatoms. The van der Waals surface area contributed by atoms with Crippen LogP contribution in [0.2, 0.25) is 0 Å². The molecule has 17 heavy (non-hydrogen) atoms. The van der Waals surface area contributed by atoms with Crippen molar-refractivity contribution in [2.75, 3.05) is 18.8 Å². The number of hydrogen-bond donors (Lipinski definition) is 1. The normalized spacial score (nSPS) is 35.7. The number of hydrogen-bond acceptors (Lipinski definition) is 3. The van der Waals surface area contributed by atoms with E-state index >= 15 is 0 Å². The second-order valence-corrected chi connectivity index (χ2v) is 6.79. The minimum atomic E-state index is -0.634. The number of carboxylic acid groups (broad SMARTS) is 1. The predicted molar refractivity (Wildman–Crippen MR) is 71.6 cm³/mol. The summed E-state index contributed by atoms with van der Waals surface area (Å²) in [5, 5.41) is 9.69. The maximum atomic E-state index is 11.2. The molecule has 2 atom stereocenters. The number of aliphatic carboxylic acids is 1. The van der Waals surface area contributed by atoms with Crippen LogP contribution >= 0.6 is 11.8 Å². The molecule has 2 aliphatic rings. The van der Waals surface area contributed by atoms with E-state index in [-0.39, 0.29) is 5.54 Å². The van der Waals surface area contributed by atoms with Gasteiger partial charge in [0.1, 0.15) is 0 Å². The minimum Gasteiger partial charge on any atom is -0.481 e. The highest BCUT2D eigenvalue weighted by molar-refractivity contribution is 8.00. The Morgan fingerprint density at radius 3 is 2.65 bits per heavy atom. The average Bonchev–Trinajstić information content (AvgIpc) is 2.33. The van der Waals surface area contributed by atoms with Gasteiger partial charge in [0.2, 0.25) is 0 Å². The van der Waals surface area contributed by atoms with Gasteiger partial charge in [-0.15, -0.1) is 0 Å². The molecule has 0 amide bonds. The van der Waals surface area contributed by atoms with Crippen LogP contribution < -0.4 is 0 Å². The highest BCUT2D eigenvalue weighted by Crippen LogP contribution is 2.42. The van der Waals surface area contributed by atoms with Crippen LogP contribution in [-0.2, 0) is 4.79 Å². The molecule has 2 fully saturated rings. The van der Waals surface area contributed by atoms with Gasteiger partial charge in [-0.2, -0.15) is 11.8 Å². The molecular formula is C13H23NO2S. The number of thioether (sulfide) groups is 1. The molecule has 1 N–H and O–H groups in total. The summed E-state index contributed by atoms with van der Waals surface area (Å²) in [6.45, 7) is 4.41. The molecule has 3 nitrogen and oxygen atoms in total. The maximum absolute atomic E-state index is 11.2. The highest BCUT2D eigenvalue weighted by Gasteiger charge is 2.45. The van der Waals surface area contributed by atoms with Gasteiger partial charge in [-0.3, -0.25) is 9.69 Å². The van der Waals surface area contributed by atoms with E-state index in [1.807, 2.05) is 11.8 Å². The molecule has 2 heterocycles. The second-order valence-electron chi connectivity index (χ2n) is 5.34. The van der Waals surface area contributed by atoms with Crippen LogP contribution in [0.5, 0.6) is 0 Å². The lowest BCUT2D eigenvalue weighted by Crippen LogP contribution is -2.58. The van der Waals surface area contributed by atoms with Gasteiger partial charge < -0.3 is 5.11 Å². The fourth-order valence-corrected chi connectivity index (χ4v) is 4.68. The molecule has 2 rings (SSSR count). The summed E-state index contributed by atoms with van der Waals surface area (Å²) >= 11 is 1.96. The van der Waals surface area contributed by atoms with Crippen LogP contribution in [0.4, 0.5) is 0 Å². The molecule has 0 spiro atoms. The SMILES string of the molecule is CC1SCCCC1(CC(=O)O)N1CCCCC1. The van der Waals surface area contributed by atoms with Crippen molar-refractivity contribution in [2.24, 2.45) is 0 Å². The Hall–Kier alpha value is -0.220. The zero-order valence-electron chi connectivity index (χ0n) is 10.7. The standard InChI is InChI=1S/C13H23NO2S/c1-11-13(10-12(15)16,6-5-9-17-11)14-7-3-2-4-8-14/h11H,2-10H2,1H3,(H,15,16). The van der Waals surface area contributed by atoms with Crippen molar-refractivity contribution in [1.82, 2.24) is 4.90 Å². The molecule has 2 unspecified atom stereocenters. The van der Waals surface area contributed by atoms with Gasteiger partial charge in [-0.25, -0.2) is 0 Å². The highest BCUT2D eigenvalue weighted by atomic mass is 32.2. The molecule has 0 radical (unpaired) electrons. The molecule has 0 aromatic rings. The smallest absolute Gasteiger partial charge is 0.305 e. The van der Waals surface area contributed by atoms with E-state index in [4.69, 9.17) is 0 Å². The Bertz CT molecular complexity index is 279. The topological polar surface area (TPSA) is 40.5 Å². The van der Waals surface area contributed by atoms with Crippen LogP contribution in [0.15, 0.2) is 0 Å². The molecule has 0 aromatic heterocycles. The third kappa shape index (κ3) is 2.79. The Morgan fingerprint density at radius 1 is 1.35 bits per heavy atom. The molecule has 98 valence electrons. The van der Waals surface area contributed by atoms with Gasteiger partial charge in [-0.05, 0) is 44.5 Å². The fourth-order valence-electron chi connectivity index (χ4n) is 3.36. The number of piperidine rings is 1. The van der Waals surface area contributed by atoms with E-state index in [0.717, 1.165) is 19.5 Å². The number of likely N-dealkylation sites (tertiary alicyclic amines) is 1. The minimum absolute atomic E-state index is 0.0742. The number of carboxylic acids is 1. The third-order valence-corrected chi connectivity index (χ3v) is 5.78. The predicted octanol–water partition coefficient (Wildman–Crippen LogP) is 2.60. The molecule has 2 saturated heterocycles. The van der Waals surface area contributed by atoms with Crippen LogP contribution in [-0.4, -0.2) is 45.6 Å². The van der Waals surface area contributed by atoms with Crippen LogP contribution in [0.1, 0.15) is 45.4 Å². The van der Waals surface area contributed by atoms with Gasteiger partial charge in [0.25, 0.3) is 0 Å². The van der Waals surface area contributed by atoms with E-state index in [9.17, 15) is 9.90 Å². The molecule has 0 aliphatic carbocycles. The average molecular weight is 257 g/mol. The maximum Gasteiger partial charge on any atom is 0.305 e. The summed E-state index contributed by atoms with van der Waals surface area (Å²) in [4.78, 5) is 13.7. The quantitative estimate of drug-likeness (QED) is 0.843. The van der Waals surface area contributed by atoms with Gasteiger partial charge >= 0.3 is 5.97 Å². The summed E-state index contributed by atoms with van der Waals surface area (Å²) in [6, 6.07) is 0. The first kappa shape index (κ1) is 13.2. The van der Waals surface area contributed by atoms with E-state index < -0.39 is 5.97 Å². The molecular weight excluding hydrogens is 234 g/mol. The van der Waals surface area contributed by atoms with Crippen LogP contribution in [0, 0.1) is 0 Å². The second kappa shape index (κ2) is 5.61. The van der Waals surface area contributed by atoms with Crippen molar-refractivity contribution in [3.05, 3.63) is 0 Å². The first-order valence-electron chi connectivity index (χ1n) is 6.73. The van der Waals surface area contributed by atoms with E-state index in [1.165, 1.54) is 31.4 Å². The largest absolute Gasteiger partial charge is 0.481 e. The number of carbonyl (C=O) groups is 1. The first-order chi connectivity index (χ1) is 8.15. The number of rotatable bonds is 3. The number of nitrogens with zero attached hydrogens (tertiary/aromatic N) is 1. The van der Waals surface area contributed by atoms with Crippen LogP contribution in [0.3, 0.4) is 0 Å². The zero-order chi connectivity index (χ0) is 12.3. The Labute approximate surface area is 108 Å². The van der Waals surface area contributed by atoms with Crippen molar-refractivity contribution in [1.29, 1.82) is 0 Å². The van der Waals surface area contributed by atoms with Gasteiger partial charge in [0, 0.05) is 10.8 Å². The Balaban J connectivity index is 2.17. The van der Waals surface area contributed by atoms with Crippen molar-refractivity contribution in [3.8, 4) is 0 Å². The van der Waals surface area contributed by atoms with E-state index in [0.29, 0.717) is 11.7 Å². The summed E-state index contributed by atoms with van der Waals surface area (Å²) < 4.78 is 0. The van der Waals surface area contributed by atoms with E-state index in [1.54, 1.807) is 0 Å². The fraction of sp³-hybridized carbons (Fsp3) is 0.923. The zero-order valence-corrected chi connectivity index (χ0v) is 11.5. The Kier molecular flexibility index (Phi) is 4.36. The molecule has 0 aromatic carbocycles. The first-order valence-corrected chi connectivity index (χ1v) is 7.78. The van der Waals surface area contributed by atoms with Crippen molar-refractivity contribution in [2.45, 2.75) is 56.2 Å². The van der Waals surface area contributed by atoms with Gasteiger partial charge in [0.05, 0.1) is 6.42 Å². The van der Waals surface area contributed by atoms with Crippen LogP contribution in [0.25, 0.3) is 0 Å².